The van der Waals surface area contributed by atoms with Crippen molar-refractivity contribution in [3.63, 3.8) is 0 Å². The van der Waals surface area contributed by atoms with Gasteiger partial charge in [-0.15, -0.1) is 0 Å². The van der Waals surface area contributed by atoms with E-state index in [-0.39, 0.29) is 22.0 Å². The van der Waals surface area contributed by atoms with E-state index in [2.05, 4.69) is 0 Å². The van der Waals surface area contributed by atoms with Gasteiger partial charge in [0.15, 0.2) is 13.9 Å². The molecule has 0 saturated carbocycles. The Kier molecular flexibility index (Phi) is 7.30. The molecule has 0 fully saturated rings. The van der Waals surface area contributed by atoms with Crippen molar-refractivity contribution in [1.29, 1.82) is 0 Å². The number of anilines is 1. The number of nitrogens with zero attached hydrogens (tertiary/aromatic N) is 1. The van der Waals surface area contributed by atoms with Crippen molar-refractivity contribution in [1.82, 2.24) is 0 Å². The van der Waals surface area contributed by atoms with Crippen molar-refractivity contribution in [2.24, 2.45) is 0 Å². The molecule has 1 aliphatic rings. The Labute approximate surface area is 230 Å². The van der Waals surface area contributed by atoms with E-state index in [1.54, 1.807) is 19.6 Å². The van der Waals surface area contributed by atoms with Crippen molar-refractivity contribution in [3.8, 4) is 11.5 Å². The van der Waals surface area contributed by atoms with E-state index >= 15 is 0 Å². The van der Waals surface area contributed by atoms with Crippen LogP contribution in [-0.4, -0.2) is 36.9 Å². The number of hydrogen-bond donors (Lipinski definition) is 0. The maximum absolute atomic E-state index is 14.5. The predicted octanol–water partition coefficient (Wildman–Crippen LogP) is 6.21. The molecule has 208 valence electrons. The molecule has 39 heavy (non-hydrogen) atoms. The second-order valence-electron chi connectivity index (χ2n) is 9.69. The maximum Gasteiger partial charge on any atom is 0.416 e. The summed E-state index contributed by atoms with van der Waals surface area (Å²) in [5, 5.41) is 0.0795. The molecule has 0 saturated heterocycles. The maximum atomic E-state index is 14.5. The minimum absolute atomic E-state index is 0.0795. The molecule has 0 aliphatic carbocycles. The van der Waals surface area contributed by atoms with Gasteiger partial charge in [-0.25, -0.2) is 8.42 Å². The standard InChI is InChI=1S/C26H25ClF3NO6SSi/c1-35-17-11-13-23(22(15-17)36-2)38(33,34)31-21-12-10-16(27)14-20(21)25(24(31)32,37-39(3,4)5)18-8-6-7-9-19(18)26(28,29)30/h6-15H,1-5H3. The molecule has 1 unspecified atom stereocenters. The zero-order chi connectivity index (χ0) is 29.0. The highest BCUT2D eigenvalue weighted by Crippen LogP contribution is 2.53. The van der Waals surface area contributed by atoms with Gasteiger partial charge in [0.2, 0.25) is 0 Å². The first-order valence-corrected chi connectivity index (χ1v) is 16.8. The number of alkyl halides is 3. The van der Waals surface area contributed by atoms with Crippen molar-refractivity contribution in [3.05, 3.63) is 82.4 Å². The van der Waals surface area contributed by atoms with Gasteiger partial charge in [-0.2, -0.15) is 17.5 Å². The van der Waals surface area contributed by atoms with Crippen LogP contribution < -0.4 is 13.8 Å². The second-order valence-corrected chi connectivity index (χ2v) is 16.3. The zero-order valence-corrected chi connectivity index (χ0v) is 24.2. The van der Waals surface area contributed by atoms with Gasteiger partial charge in [0.25, 0.3) is 15.9 Å². The summed E-state index contributed by atoms with van der Waals surface area (Å²) in [7, 11) is -5.01. The number of amides is 1. The van der Waals surface area contributed by atoms with E-state index in [9.17, 15) is 26.4 Å². The number of carbonyl (C=O) groups is 1. The monoisotopic (exact) mass is 599 g/mol. The Morgan fingerprint density at radius 2 is 1.59 bits per heavy atom. The normalized spacial score (nSPS) is 17.8. The van der Waals surface area contributed by atoms with Crippen LogP contribution in [0, 0.1) is 0 Å². The van der Waals surface area contributed by atoms with Gasteiger partial charge in [0.05, 0.1) is 25.5 Å². The average molecular weight is 600 g/mol. The molecule has 7 nitrogen and oxygen atoms in total. The van der Waals surface area contributed by atoms with Gasteiger partial charge in [-0.05, 0) is 56.0 Å². The molecule has 0 spiro atoms. The summed E-state index contributed by atoms with van der Waals surface area (Å²) in [6.45, 7) is 5.06. The van der Waals surface area contributed by atoms with Crippen LogP contribution >= 0.6 is 11.6 Å². The molecule has 0 N–H and O–H groups in total. The lowest BCUT2D eigenvalue weighted by molar-refractivity contribution is -0.141. The Bertz CT molecular complexity index is 1560. The van der Waals surface area contributed by atoms with Crippen molar-refractivity contribution in [2.45, 2.75) is 36.3 Å². The molecule has 0 aromatic heterocycles. The Balaban J connectivity index is 2.10. The second kappa shape index (κ2) is 9.84. The van der Waals surface area contributed by atoms with E-state index in [1.165, 1.54) is 62.8 Å². The van der Waals surface area contributed by atoms with Gasteiger partial charge in [0, 0.05) is 22.2 Å². The SMILES string of the molecule is COc1ccc(S(=O)(=O)N2C(=O)C(O[Si](C)(C)C)(c3ccccc3C(F)(F)F)c3cc(Cl)ccc32)c(OC)c1. The van der Waals surface area contributed by atoms with Gasteiger partial charge in [0.1, 0.15) is 16.4 Å². The lowest BCUT2D eigenvalue weighted by Crippen LogP contribution is -2.50. The van der Waals surface area contributed by atoms with E-state index in [0.717, 1.165) is 12.1 Å². The summed E-state index contributed by atoms with van der Waals surface area (Å²) in [5.41, 5.74) is -4.42. The largest absolute Gasteiger partial charge is 0.497 e. The number of hydrogen-bond acceptors (Lipinski definition) is 6. The van der Waals surface area contributed by atoms with Gasteiger partial charge in [-0.1, -0.05) is 29.8 Å². The van der Waals surface area contributed by atoms with Crippen molar-refractivity contribution in [2.75, 3.05) is 18.5 Å². The van der Waals surface area contributed by atoms with Crippen molar-refractivity contribution >= 4 is 41.5 Å². The highest BCUT2D eigenvalue weighted by Gasteiger charge is 2.60. The summed E-state index contributed by atoms with van der Waals surface area (Å²) < 4.78 is 88.4. The third kappa shape index (κ3) is 4.90. The average Bonchev–Trinajstić information content (AvgIpc) is 3.10. The molecule has 1 aliphatic heterocycles. The Hall–Kier alpha value is -3.06. The third-order valence-corrected chi connectivity index (χ3v) is 8.89. The highest BCUT2D eigenvalue weighted by atomic mass is 35.5. The zero-order valence-electron chi connectivity index (χ0n) is 21.6. The van der Waals surface area contributed by atoms with E-state index < -0.39 is 52.0 Å². The van der Waals surface area contributed by atoms with Crippen LogP contribution in [0.5, 0.6) is 11.5 Å². The minimum atomic E-state index is -4.88. The van der Waals surface area contributed by atoms with Gasteiger partial charge in [-0.3, -0.25) is 4.79 Å². The van der Waals surface area contributed by atoms with Crippen LogP contribution in [-0.2, 0) is 31.0 Å². The fourth-order valence-electron chi connectivity index (χ4n) is 4.57. The van der Waals surface area contributed by atoms with Crippen LogP contribution in [0.3, 0.4) is 0 Å². The first-order valence-electron chi connectivity index (χ1n) is 11.6. The van der Waals surface area contributed by atoms with Gasteiger partial charge >= 0.3 is 6.18 Å². The van der Waals surface area contributed by atoms with Crippen LogP contribution in [0.25, 0.3) is 0 Å². The number of methoxy groups -OCH3 is 2. The van der Waals surface area contributed by atoms with Crippen LogP contribution in [0.2, 0.25) is 24.7 Å². The molecule has 3 aromatic rings. The first kappa shape index (κ1) is 28.9. The predicted molar refractivity (Wildman–Crippen MR) is 142 cm³/mol. The quantitative estimate of drug-likeness (QED) is 0.301. The number of rotatable bonds is 7. The van der Waals surface area contributed by atoms with Gasteiger partial charge < -0.3 is 13.9 Å². The molecule has 1 amide bonds. The lowest BCUT2D eigenvalue weighted by atomic mass is 9.84. The van der Waals surface area contributed by atoms with Crippen LogP contribution in [0.15, 0.2) is 65.6 Å². The number of sulfonamides is 1. The molecule has 0 bridgehead atoms. The number of benzene rings is 3. The summed E-state index contributed by atoms with van der Waals surface area (Å²) in [4.78, 5) is 14.1. The highest BCUT2D eigenvalue weighted by molar-refractivity contribution is 7.93. The molecular formula is C26H25ClF3NO6SSi. The number of halogens is 4. The number of ether oxygens (including phenoxy) is 2. The van der Waals surface area contributed by atoms with Crippen LogP contribution in [0.1, 0.15) is 16.7 Å². The lowest BCUT2D eigenvalue weighted by Gasteiger charge is -2.37. The Morgan fingerprint density at radius 3 is 2.18 bits per heavy atom. The minimum Gasteiger partial charge on any atom is -0.497 e. The topological polar surface area (TPSA) is 82.1 Å². The summed E-state index contributed by atoms with van der Waals surface area (Å²) in [6.07, 6.45) is -4.88. The molecular weight excluding hydrogens is 575 g/mol. The van der Waals surface area contributed by atoms with Crippen LogP contribution in [0.4, 0.5) is 18.9 Å². The fraction of sp³-hybridized carbons (Fsp3) is 0.269. The van der Waals surface area contributed by atoms with E-state index in [4.69, 9.17) is 25.5 Å². The Morgan fingerprint density at radius 1 is 0.923 bits per heavy atom. The van der Waals surface area contributed by atoms with Crippen molar-refractivity contribution < 1.29 is 40.3 Å². The fourth-order valence-corrected chi connectivity index (χ4v) is 7.57. The number of carbonyl (C=O) groups excluding carboxylic acids is 1. The molecule has 1 heterocycles. The first-order chi connectivity index (χ1) is 18.1. The summed E-state index contributed by atoms with van der Waals surface area (Å²) >= 11 is 6.27. The molecule has 13 heteroatoms. The van der Waals surface area contributed by atoms with E-state index in [1.807, 2.05) is 0 Å². The molecule has 0 radical (unpaired) electrons. The summed E-state index contributed by atoms with van der Waals surface area (Å²) in [5.74, 6) is -1.06. The molecule has 3 aromatic carbocycles. The molecule has 1 atom stereocenters. The summed E-state index contributed by atoms with van der Waals surface area (Å²) in [6, 6.07) is 12.2. The smallest absolute Gasteiger partial charge is 0.416 e. The number of fused-ring (bicyclic) bond motifs is 1. The third-order valence-electron chi connectivity index (χ3n) is 6.00. The molecule has 4 rings (SSSR count). The van der Waals surface area contributed by atoms with E-state index in [0.29, 0.717) is 10.1 Å².